The van der Waals surface area contributed by atoms with Crippen LogP contribution in [0.15, 0.2) is 22.7 Å². The van der Waals surface area contributed by atoms with E-state index < -0.39 is 0 Å². The van der Waals surface area contributed by atoms with Crippen LogP contribution in [0.2, 0.25) is 0 Å². The normalized spacial score (nSPS) is 10.7. The van der Waals surface area contributed by atoms with E-state index in [9.17, 15) is 4.39 Å². The summed E-state index contributed by atoms with van der Waals surface area (Å²) in [7, 11) is 0. The van der Waals surface area contributed by atoms with Crippen LogP contribution >= 0.6 is 15.9 Å². The summed E-state index contributed by atoms with van der Waals surface area (Å²) < 4.78 is 14.0. The van der Waals surface area contributed by atoms with Crippen molar-refractivity contribution in [2.45, 2.75) is 32.6 Å². The predicted octanol–water partition coefficient (Wildman–Crippen LogP) is 3.91. The number of aryl methyl sites for hydroxylation is 1. The number of rotatable bonds is 7. The van der Waals surface area contributed by atoms with Crippen molar-refractivity contribution in [2.75, 3.05) is 13.1 Å². The van der Waals surface area contributed by atoms with Gasteiger partial charge in [-0.2, -0.15) is 0 Å². The molecule has 1 aromatic rings. The fraction of sp³-hybridized carbons (Fsp3) is 0.538. The highest BCUT2D eigenvalue weighted by atomic mass is 79.9. The van der Waals surface area contributed by atoms with E-state index in [1.165, 1.54) is 12.5 Å². The first-order valence-electron chi connectivity index (χ1n) is 5.88. The van der Waals surface area contributed by atoms with E-state index >= 15 is 0 Å². The molecule has 90 valence electrons. The molecule has 16 heavy (non-hydrogen) atoms. The van der Waals surface area contributed by atoms with Gasteiger partial charge >= 0.3 is 0 Å². The van der Waals surface area contributed by atoms with Crippen molar-refractivity contribution < 1.29 is 4.39 Å². The predicted molar refractivity (Wildman–Crippen MR) is 70.2 cm³/mol. The lowest BCUT2D eigenvalue weighted by Gasteiger charge is -2.05. The SMILES string of the molecule is CCCNCCCCc1cc(F)ccc1Br. The molecule has 0 radical (unpaired) electrons. The van der Waals surface area contributed by atoms with Crippen molar-refractivity contribution in [3.05, 3.63) is 34.1 Å². The number of unbranched alkanes of at least 4 members (excludes halogenated alkanes) is 1. The molecule has 0 unspecified atom stereocenters. The molecule has 0 aliphatic rings. The van der Waals surface area contributed by atoms with E-state index in [1.54, 1.807) is 12.1 Å². The maximum atomic E-state index is 13.0. The number of benzene rings is 1. The molecule has 0 heterocycles. The molecule has 0 fully saturated rings. The van der Waals surface area contributed by atoms with Crippen LogP contribution in [0.25, 0.3) is 0 Å². The number of halogens is 2. The molecule has 0 spiro atoms. The highest BCUT2D eigenvalue weighted by Crippen LogP contribution is 2.19. The van der Waals surface area contributed by atoms with Crippen LogP contribution in [-0.4, -0.2) is 13.1 Å². The molecule has 1 N–H and O–H groups in total. The van der Waals surface area contributed by atoms with Gasteiger partial charge in [0.25, 0.3) is 0 Å². The Hall–Kier alpha value is -0.410. The zero-order chi connectivity index (χ0) is 11.8. The van der Waals surface area contributed by atoms with E-state index in [0.29, 0.717) is 0 Å². The van der Waals surface area contributed by atoms with E-state index in [1.807, 2.05) is 0 Å². The largest absolute Gasteiger partial charge is 0.317 e. The fourth-order valence-corrected chi connectivity index (χ4v) is 2.05. The van der Waals surface area contributed by atoms with Crippen LogP contribution in [-0.2, 0) is 6.42 Å². The lowest BCUT2D eigenvalue weighted by atomic mass is 10.1. The molecule has 0 saturated carbocycles. The molecule has 1 rings (SSSR count). The summed E-state index contributed by atoms with van der Waals surface area (Å²) in [6.07, 6.45) is 4.35. The van der Waals surface area contributed by atoms with E-state index in [0.717, 1.165) is 42.4 Å². The average Bonchev–Trinajstić information content (AvgIpc) is 2.28. The molecule has 0 bridgehead atoms. The Morgan fingerprint density at radius 2 is 2.06 bits per heavy atom. The van der Waals surface area contributed by atoms with Crippen LogP contribution in [0.3, 0.4) is 0 Å². The van der Waals surface area contributed by atoms with Crippen molar-refractivity contribution in [1.29, 1.82) is 0 Å². The van der Waals surface area contributed by atoms with Crippen LogP contribution in [0.5, 0.6) is 0 Å². The molecule has 0 atom stereocenters. The van der Waals surface area contributed by atoms with Gasteiger partial charge in [0, 0.05) is 4.47 Å². The molecule has 0 aliphatic carbocycles. The van der Waals surface area contributed by atoms with Gasteiger partial charge in [-0.05, 0) is 62.5 Å². The Morgan fingerprint density at radius 3 is 2.81 bits per heavy atom. The van der Waals surface area contributed by atoms with Crippen LogP contribution < -0.4 is 5.32 Å². The van der Waals surface area contributed by atoms with Gasteiger partial charge in [0.15, 0.2) is 0 Å². The van der Waals surface area contributed by atoms with Gasteiger partial charge in [0.1, 0.15) is 5.82 Å². The summed E-state index contributed by atoms with van der Waals surface area (Å²) in [5.74, 6) is -0.151. The summed E-state index contributed by atoms with van der Waals surface area (Å²) >= 11 is 3.44. The molecule has 0 saturated heterocycles. The Morgan fingerprint density at radius 1 is 1.25 bits per heavy atom. The first kappa shape index (κ1) is 13.7. The second kappa shape index (κ2) is 7.80. The topological polar surface area (TPSA) is 12.0 Å². The minimum Gasteiger partial charge on any atom is -0.317 e. The minimum absolute atomic E-state index is 0.151. The molecular formula is C13H19BrFN. The Balaban J connectivity index is 2.23. The van der Waals surface area contributed by atoms with Gasteiger partial charge < -0.3 is 5.32 Å². The summed E-state index contributed by atoms with van der Waals surface area (Å²) in [5.41, 5.74) is 1.07. The maximum absolute atomic E-state index is 13.0. The second-order valence-electron chi connectivity index (χ2n) is 3.94. The Bertz CT molecular complexity index is 315. The highest BCUT2D eigenvalue weighted by Gasteiger charge is 2.01. The molecule has 1 aromatic carbocycles. The first-order valence-corrected chi connectivity index (χ1v) is 6.68. The molecule has 1 nitrogen and oxygen atoms in total. The summed E-state index contributed by atoms with van der Waals surface area (Å²) in [6, 6.07) is 4.87. The van der Waals surface area contributed by atoms with E-state index in [2.05, 4.69) is 28.2 Å². The van der Waals surface area contributed by atoms with Crippen molar-refractivity contribution >= 4 is 15.9 Å². The standard InChI is InChI=1S/C13H19BrFN/c1-2-8-16-9-4-3-5-11-10-12(15)6-7-13(11)14/h6-7,10,16H,2-5,8-9H2,1H3. The fourth-order valence-electron chi connectivity index (χ4n) is 1.60. The van der Waals surface area contributed by atoms with Crippen molar-refractivity contribution in [3.8, 4) is 0 Å². The summed E-state index contributed by atoms with van der Waals surface area (Å²) in [5, 5.41) is 3.36. The smallest absolute Gasteiger partial charge is 0.123 e. The first-order chi connectivity index (χ1) is 7.74. The van der Waals surface area contributed by atoms with Crippen molar-refractivity contribution in [3.63, 3.8) is 0 Å². The third-order valence-electron chi connectivity index (χ3n) is 2.48. The quantitative estimate of drug-likeness (QED) is 0.750. The average molecular weight is 288 g/mol. The van der Waals surface area contributed by atoms with Gasteiger partial charge in [-0.15, -0.1) is 0 Å². The van der Waals surface area contributed by atoms with Crippen molar-refractivity contribution in [1.82, 2.24) is 5.32 Å². The number of hydrogen-bond donors (Lipinski definition) is 1. The molecule has 0 amide bonds. The summed E-state index contributed by atoms with van der Waals surface area (Å²) in [4.78, 5) is 0. The Labute approximate surface area is 106 Å². The van der Waals surface area contributed by atoms with E-state index in [4.69, 9.17) is 0 Å². The highest BCUT2D eigenvalue weighted by molar-refractivity contribution is 9.10. The lowest BCUT2D eigenvalue weighted by Crippen LogP contribution is -2.15. The lowest BCUT2D eigenvalue weighted by molar-refractivity contribution is 0.609. The van der Waals surface area contributed by atoms with Gasteiger partial charge in [0.05, 0.1) is 0 Å². The monoisotopic (exact) mass is 287 g/mol. The van der Waals surface area contributed by atoms with Gasteiger partial charge in [-0.1, -0.05) is 22.9 Å². The maximum Gasteiger partial charge on any atom is 0.123 e. The molecular weight excluding hydrogens is 269 g/mol. The van der Waals surface area contributed by atoms with E-state index in [-0.39, 0.29) is 5.82 Å². The molecule has 0 aromatic heterocycles. The second-order valence-corrected chi connectivity index (χ2v) is 4.80. The third kappa shape index (κ3) is 5.08. The minimum atomic E-state index is -0.151. The molecule has 3 heteroatoms. The Kier molecular flexibility index (Phi) is 6.65. The number of nitrogens with one attached hydrogen (secondary N) is 1. The number of hydrogen-bond acceptors (Lipinski definition) is 1. The van der Waals surface area contributed by atoms with Crippen molar-refractivity contribution in [2.24, 2.45) is 0 Å². The van der Waals surface area contributed by atoms with Crippen LogP contribution in [0.1, 0.15) is 31.7 Å². The zero-order valence-corrected chi connectivity index (χ0v) is 11.3. The van der Waals surface area contributed by atoms with Gasteiger partial charge in [-0.3, -0.25) is 0 Å². The third-order valence-corrected chi connectivity index (χ3v) is 3.26. The van der Waals surface area contributed by atoms with Gasteiger partial charge in [0.2, 0.25) is 0 Å². The molecule has 0 aliphatic heterocycles. The zero-order valence-electron chi connectivity index (χ0n) is 9.73. The van der Waals surface area contributed by atoms with Crippen LogP contribution in [0.4, 0.5) is 4.39 Å². The van der Waals surface area contributed by atoms with Gasteiger partial charge in [-0.25, -0.2) is 4.39 Å². The summed E-state index contributed by atoms with van der Waals surface area (Å²) in [6.45, 7) is 4.31. The van der Waals surface area contributed by atoms with Crippen LogP contribution in [0, 0.1) is 5.82 Å².